The van der Waals surface area contributed by atoms with Crippen molar-refractivity contribution in [3.05, 3.63) is 83.4 Å². The summed E-state index contributed by atoms with van der Waals surface area (Å²) in [7, 11) is 0. The molecule has 0 spiro atoms. The molecule has 0 amide bonds. The third kappa shape index (κ3) is 3.37. The fraction of sp³-hybridized carbons (Fsp3) is 0.143. The van der Waals surface area contributed by atoms with Gasteiger partial charge in [-0.1, -0.05) is 48.5 Å². The summed E-state index contributed by atoms with van der Waals surface area (Å²) < 4.78 is 0. The number of hydrogen-bond donors (Lipinski definition) is 2. The normalized spacial score (nSPS) is 10.4. The fourth-order valence-corrected chi connectivity index (χ4v) is 2.71. The summed E-state index contributed by atoms with van der Waals surface area (Å²) in [5.41, 5.74) is 8.17. The van der Waals surface area contributed by atoms with E-state index in [0.29, 0.717) is 0 Å². The lowest BCUT2D eigenvalue weighted by Crippen LogP contribution is -2.00. The van der Waals surface area contributed by atoms with Crippen molar-refractivity contribution in [1.29, 1.82) is 0 Å². The SMILES string of the molecule is Cc1ccccc1Nc1ccccc1Nc1c(C)cccc1C. The van der Waals surface area contributed by atoms with E-state index in [0.717, 1.165) is 17.1 Å². The molecule has 0 atom stereocenters. The summed E-state index contributed by atoms with van der Waals surface area (Å²) in [6.45, 7) is 6.38. The van der Waals surface area contributed by atoms with Crippen LogP contribution in [0.2, 0.25) is 0 Å². The van der Waals surface area contributed by atoms with Gasteiger partial charge in [-0.3, -0.25) is 0 Å². The van der Waals surface area contributed by atoms with Gasteiger partial charge in [-0.15, -0.1) is 0 Å². The van der Waals surface area contributed by atoms with E-state index in [1.807, 2.05) is 0 Å². The first-order valence-corrected chi connectivity index (χ1v) is 7.90. The van der Waals surface area contributed by atoms with Crippen LogP contribution in [0.25, 0.3) is 0 Å². The van der Waals surface area contributed by atoms with E-state index >= 15 is 0 Å². The van der Waals surface area contributed by atoms with Crippen LogP contribution in [0.4, 0.5) is 22.7 Å². The molecule has 0 radical (unpaired) electrons. The van der Waals surface area contributed by atoms with Crippen LogP contribution in [0.3, 0.4) is 0 Å². The molecule has 0 unspecified atom stereocenters. The van der Waals surface area contributed by atoms with Crippen molar-refractivity contribution >= 4 is 22.7 Å². The molecule has 0 heterocycles. The Kier molecular flexibility index (Phi) is 4.33. The smallest absolute Gasteiger partial charge is 0.0623 e. The predicted molar refractivity (Wildman–Crippen MR) is 100 cm³/mol. The summed E-state index contributed by atoms with van der Waals surface area (Å²) in [4.78, 5) is 0. The number of aryl methyl sites for hydroxylation is 3. The number of anilines is 4. The van der Waals surface area contributed by atoms with Crippen LogP contribution in [0, 0.1) is 20.8 Å². The quantitative estimate of drug-likeness (QED) is 0.608. The highest BCUT2D eigenvalue weighted by Crippen LogP contribution is 2.31. The molecule has 0 bridgehead atoms. The van der Waals surface area contributed by atoms with Crippen molar-refractivity contribution in [2.45, 2.75) is 20.8 Å². The largest absolute Gasteiger partial charge is 0.354 e. The van der Waals surface area contributed by atoms with E-state index in [2.05, 4.69) is 98.1 Å². The van der Waals surface area contributed by atoms with Gasteiger partial charge < -0.3 is 10.6 Å². The minimum atomic E-state index is 1.07. The third-order valence-electron chi connectivity index (χ3n) is 4.08. The fourth-order valence-electron chi connectivity index (χ4n) is 2.71. The number of benzene rings is 3. The Labute approximate surface area is 138 Å². The predicted octanol–water partition coefficient (Wildman–Crippen LogP) is 6.10. The third-order valence-corrected chi connectivity index (χ3v) is 4.08. The Balaban J connectivity index is 1.94. The highest BCUT2D eigenvalue weighted by molar-refractivity contribution is 5.80. The molecule has 0 aromatic heterocycles. The molecule has 0 saturated heterocycles. The van der Waals surface area contributed by atoms with Crippen molar-refractivity contribution in [3.8, 4) is 0 Å². The van der Waals surface area contributed by atoms with E-state index in [4.69, 9.17) is 0 Å². The zero-order valence-electron chi connectivity index (χ0n) is 13.9. The summed E-state index contributed by atoms with van der Waals surface area (Å²) in [6, 6.07) is 23.0. The number of para-hydroxylation sites is 4. The lowest BCUT2D eigenvalue weighted by Gasteiger charge is -2.17. The Hall–Kier alpha value is -2.74. The maximum Gasteiger partial charge on any atom is 0.0623 e. The van der Waals surface area contributed by atoms with Gasteiger partial charge in [-0.05, 0) is 55.7 Å². The number of rotatable bonds is 4. The molecule has 0 aliphatic carbocycles. The van der Waals surface area contributed by atoms with Gasteiger partial charge >= 0.3 is 0 Å². The van der Waals surface area contributed by atoms with E-state index in [1.165, 1.54) is 22.4 Å². The minimum absolute atomic E-state index is 1.07. The molecule has 0 aliphatic heterocycles. The Morgan fingerprint density at radius 3 is 1.57 bits per heavy atom. The molecule has 0 fully saturated rings. The zero-order valence-corrected chi connectivity index (χ0v) is 13.9. The second kappa shape index (κ2) is 6.57. The molecule has 3 aromatic carbocycles. The monoisotopic (exact) mass is 302 g/mol. The molecular weight excluding hydrogens is 280 g/mol. The van der Waals surface area contributed by atoms with Crippen molar-refractivity contribution in [3.63, 3.8) is 0 Å². The summed E-state index contributed by atoms with van der Waals surface area (Å²) in [6.07, 6.45) is 0. The molecule has 3 rings (SSSR count). The maximum absolute atomic E-state index is 3.59. The van der Waals surface area contributed by atoms with Crippen LogP contribution < -0.4 is 10.6 Å². The molecule has 2 N–H and O–H groups in total. The van der Waals surface area contributed by atoms with E-state index in [9.17, 15) is 0 Å². The molecule has 116 valence electrons. The van der Waals surface area contributed by atoms with E-state index in [-0.39, 0.29) is 0 Å². The summed E-state index contributed by atoms with van der Waals surface area (Å²) >= 11 is 0. The first kappa shape index (κ1) is 15.2. The van der Waals surface area contributed by atoms with Crippen LogP contribution >= 0.6 is 0 Å². The van der Waals surface area contributed by atoms with E-state index in [1.54, 1.807) is 0 Å². The van der Waals surface area contributed by atoms with Gasteiger partial charge in [-0.25, -0.2) is 0 Å². The van der Waals surface area contributed by atoms with Crippen LogP contribution in [0.5, 0.6) is 0 Å². The van der Waals surface area contributed by atoms with Gasteiger partial charge in [0.15, 0.2) is 0 Å². The van der Waals surface area contributed by atoms with Gasteiger partial charge in [0.05, 0.1) is 11.4 Å². The maximum atomic E-state index is 3.59. The van der Waals surface area contributed by atoms with Gasteiger partial charge in [0.1, 0.15) is 0 Å². The average molecular weight is 302 g/mol. The average Bonchev–Trinajstić information content (AvgIpc) is 2.55. The van der Waals surface area contributed by atoms with Crippen LogP contribution in [-0.4, -0.2) is 0 Å². The standard InChI is InChI=1S/C21H22N2/c1-15-9-4-5-12-18(15)22-19-13-6-7-14-20(19)23-21-16(2)10-8-11-17(21)3/h4-14,22-23H,1-3H3. The van der Waals surface area contributed by atoms with Gasteiger partial charge in [0.25, 0.3) is 0 Å². The minimum Gasteiger partial charge on any atom is -0.354 e. The molecule has 23 heavy (non-hydrogen) atoms. The van der Waals surface area contributed by atoms with Crippen molar-refractivity contribution in [2.24, 2.45) is 0 Å². The highest BCUT2D eigenvalue weighted by atomic mass is 15.0. The second-order valence-electron chi connectivity index (χ2n) is 5.88. The van der Waals surface area contributed by atoms with Crippen molar-refractivity contribution in [2.75, 3.05) is 10.6 Å². The van der Waals surface area contributed by atoms with Crippen LogP contribution in [0.15, 0.2) is 66.7 Å². The molecular formula is C21H22N2. The Bertz CT molecular complexity index is 801. The van der Waals surface area contributed by atoms with E-state index < -0.39 is 0 Å². The molecule has 2 heteroatoms. The Morgan fingerprint density at radius 1 is 0.478 bits per heavy atom. The first-order chi connectivity index (χ1) is 11.1. The summed E-state index contributed by atoms with van der Waals surface area (Å²) in [5, 5.41) is 7.12. The van der Waals surface area contributed by atoms with Crippen LogP contribution in [0.1, 0.15) is 16.7 Å². The van der Waals surface area contributed by atoms with Gasteiger partial charge in [0, 0.05) is 11.4 Å². The topological polar surface area (TPSA) is 24.1 Å². The van der Waals surface area contributed by atoms with Gasteiger partial charge in [0.2, 0.25) is 0 Å². The zero-order chi connectivity index (χ0) is 16.2. The molecule has 0 saturated carbocycles. The van der Waals surface area contributed by atoms with Crippen LogP contribution in [-0.2, 0) is 0 Å². The lowest BCUT2D eigenvalue weighted by atomic mass is 10.1. The second-order valence-corrected chi connectivity index (χ2v) is 5.88. The molecule has 2 nitrogen and oxygen atoms in total. The Morgan fingerprint density at radius 2 is 0.957 bits per heavy atom. The first-order valence-electron chi connectivity index (χ1n) is 7.90. The lowest BCUT2D eigenvalue weighted by molar-refractivity contribution is 1.35. The van der Waals surface area contributed by atoms with Gasteiger partial charge in [-0.2, -0.15) is 0 Å². The molecule has 0 aliphatic rings. The highest BCUT2D eigenvalue weighted by Gasteiger charge is 2.07. The van der Waals surface area contributed by atoms with Crippen molar-refractivity contribution < 1.29 is 0 Å². The summed E-state index contributed by atoms with van der Waals surface area (Å²) in [5.74, 6) is 0. The number of nitrogens with one attached hydrogen (secondary N) is 2. The van der Waals surface area contributed by atoms with Crippen molar-refractivity contribution in [1.82, 2.24) is 0 Å². The molecule has 3 aromatic rings. The number of hydrogen-bond acceptors (Lipinski definition) is 2.